The standard InChI is InChI=1S/C18H29FN4.HI/c1-14-5-4-9-23(13-14)10-8-21-18(20-3)22-12-16-7-6-15(2)17(19)11-16;/h6-7,11,14H,4-5,8-10,12-13H2,1-3H3,(H2,20,21,22);1H. The van der Waals surface area contributed by atoms with Crippen molar-refractivity contribution in [3.8, 4) is 0 Å². The van der Waals surface area contributed by atoms with Gasteiger partial charge >= 0.3 is 0 Å². The van der Waals surface area contributed by atoms with Crippen molar-refractivity contribution in [3.05, 3.63) is 35.1 Å². The highest BCUT2D eigenvalue weighted by Gasteiger charge is 2.15. The van der Waals surface area contributed by atoms with Crippen LogP contribution in [0.3, 0.4) is 0 Å². The molecule has 0 spiro atoms. The zero-order valence-electron chi connectivity index (χ0n) is 14.9. The second-order valence-corrected chi connectivity index (χ2v) is 6.48. The average molecular weight is 448 g/mol. The fourth-order valence-electron chi connectivity index (χ4n) is 2.97. The van der Waals surface area contributed by atoms with Crippen molar-refractivity contribution in [2.75, 3.05) is 33.2 Å². The van der Waals surface area contributed by atoms with E-state index in [-0.39, 0.29) is 29.8 Å². The van der Waals surface area contributed by atoms with Crippen molar-refractivity contribution in [1.82, 2.24) is 15.5 Å². The number of guanidine groups is 1. The molecule has 0 bridgehead atoms. The predicted octanol–water partition coefficient (Wildman–Crippen LogP) is 3.15. The molecule has 6 heteroatoms. The topological polar surface area (TPSA) is 39.7 Å². The van der Waals surface area contributed by atoms with Gasteiger partial charge in [0.25, 0.3) is 0 Å². The number of nitrogens with zero attached hydrogens (tertiary/aromatic N) is 2. The normalized spacial score (nSPS) is 18.8. The van der Waals surface area contributed by atoms with Crippen LogP contribution in [0.4, 0.5) is 4.39 Å². The summed E-state index contributed by atoms with van der Waals surface area (Å²) in [6, 6.07) is 5.32. The van der Waals surface area contributed by atoms with Crippen LogP contribution in [0.2, 0.25) is 0 Å². The van der Waals surface area contributed by atoms with Gasteiger partial charge in [-0.3, -0.25) is 4.99 Å². The molecule has 1 aliphatic heterocycles. The Kier molecular flexibility index (Phi) is 9.58. The van der Waals surface area contributed by atoms with Gasteiger partial charge in [0.2, 0.25) is 0 Å². The van der Waals surface area contributed by atoms with Gasteiger partial charge in [0.05, 0.1) is 0 Å². The number of aliphatic imine (C=N–C) groups is 1. The molecule has 24 heavy (non-hydrogen) atoms. The number of hydrogen-bond donors (Lipinski definition) is 2. The number of likely N-dealkylation sites (tertiary alicyclic amines) is 1. The second-order valence-electron chi connectivity index (χ2n) is 6.48. The lowest BCUT2D eigenvalue weighted by Crippen LogP contribution is -2.43. The summed E-state index contributed by atoms with van der Waals surface area (Å²) in [7, 11) is 1.76. The molecule has 1 atom stereocenters. The van der Waals surface area contributed by atoms with Gasteiger partial charge in [-0.05, 0) is 49.4 Å². The monoisotopic (exact) mass is 448 g/mol. The number of hydrogen-bond acceptors (Lipinski definition) is 2. The highest BCUT2D eigenvalue weighted by atomic mass is 127. The summed E-state index contributed by atoms with van der Waals surface area (Å²) in [6.07, 6.45) is 2.65. The van der Waals surface area contributed by atoms with Gasteiger partial charge in [-0.1, -0.05) is 19.1 Å². The van der Waals surface area contributed by atoms with E-state index >= 15 is 0 Å². The zero-order chi connectivity index (χ0) is 16.7. The summed E-state index contributed by atoms with van der Waals surface area (Å²) in [5.74, 6) is 1.40. The Morgan fingerprint density at radius 2 is 2.17 bits per heavy atom. The van der Waals surface area contributed by atoms with E-state index in [0.29, 0.717) is 12.1 Å². The molecule has 1 aromatic rings. The van der Waals surface area contributed by atoms with Crippen molar-refractivity contribution in [2.24, 2.45) is 10.9 Å². The van der Waals surface area contributed by atoms with Crippen LogP contribution in [0.5, 0.6) is 0 Å². The number of benzene rings is 1. The summed E-state index contributed by atoms with van der Waals surface area (Å²) < 4.78 is 13.5. The molecule has 1 saturated heterocycles. The number of rotatable bonds is 5. The lowest BCUT2D eigenvalue weighted by atomic mass is 10.0. The maximum absolute atomic E-state index is 13.5. The number of piperidine rings is 1. The van der Waals surface area contributed by atoms with E-state index in [2.05, 4.69) is 27.4 Å². The van der Waals surface area contributed by atoms with E-state index in [0.717, 1.165) is 30.5 Å². The lowest BCUT2D eigenvalue weighted by molar-refractivity contribution is 0.187. The van der Waals surface area contributed by atoms with E-state index in [1.165, 1.54) is 25.9 Å². The van der Waals surface area contributed by atoms with Gasteiger partial charge in [-0.2, -0.15) is 0 Å². The number of halogens is 2. The molecular formula is C18H30FIN4. The van der Waals surface area contributed by atoms with Gasteiger partial charge in [0.15, 0.2) is 5.96 Å². The quantitative estimate of drug-likeness (QED) is 0.413. The van der Waals surface area contributed by atoms with Crippen molar-refractivity contribution < 1.29 is 4.39 Å². The van der Waals surface area contributed by atoms with Crippen LogP contribution in [0, 0.1) is 18.7 Å². The molecule has 1 fully saturated rings. The highest BCUT2D eigenvalue weighted by Crippen LogP contribution is 2.14. The van der Waals surface area contributed by atoms with Crippen LogP contribution in [0.1, 0.15) is 30.9 Å². The zero-order valence-corrected chi connectivity index (χ0v) is 17.3. The second kappa shape index (κ2) is 10.9. The van der Waals surface area contributed by atoms with E-state index in [1.807, 2.05) is 6.07 Å². The highest BCUT2D eigenvalue weighted by molar-refractivity contribution is 14.0. The summed E-state index contributed by atoms with van der Waals surface area (Å²) >= 11 is 0. The molecule has 1 unspecified atom stereocenters. The Bertz CT molecular complexity index is 536. The smallest absolute Gasteiger partial charge is 0.191 e. The van der Waals surface area contributed by atoms with Crippen molar-refractivity contribution in [1.29, 1.82) is 0 Å². The first-order chi connectivity index (χ1) is 11.1. The number of nitrogens with one attached hydrogen (secondary N) is 2. The fraction of sp³-hybridized carbons (Fsp3) is 0.611. The van der Waals surface area contributed by atoms with E-state index in [1.54, 1.807) is 26.1 Å². The molecule has 0 amide bonds. The van der Waals surface area contributed by atoms with Crippen molar-refractivity contribution in [3.63, 3.8) is 0 Å². The predicted molar refractivity (Wildman–Crippen MR) is 110 cm³/mol. The molecule has 1 heterocycles. The van der Waals surface area contributed by atoms with Crippen LogP contribution in [0.15, 0.2) is 23.2 Å². The number of aryl methyl sites for hydroxylation is 1. The molecule has 2 rings (SSSR count). The maximum Gasteiger partial charge on any atom is 0.191 e. The van der Waals surface area contributed by atoms with Crippen LogP contribution < -0.4 is 10.6 Å². The third-order valence-electron chi connectivity index (χ3n) is 4.38. The minimum Gasteiger partial charge on any atom is -0.355 e. The van der Waals surface area contributed by atoms with Gasteiger partial charge in [0.1, 0.15) is 5.82 Å². The van der Waals surface area contributed by atoms with Gasteiger partial charge < -0.3 is 15.5 Å². The third kappa shape index (κ3) is 6.93. The minimum atomic E-state index is -0.161. The lowest BCUT2D eigenvalue weighted by Gasteiger charge is -2.30. The van der Waals surface area contributed by atoms with Gasteiger partial charge in [0, 0.05) is 33.2 Å². The third-order valence-corrected chi connectivity index (χ3v) is 4.38. The summed E-state index contributed by atoms with van der Waals surface area (Å²) in [6.45, 7) is 8.95. The molecule has 136 valence electrons. The van der Waals surface area contributed by atoms with Crippen molar-refractivity contribution in [2.45, 2.75) is 33.2 Å². The van der Waals surface area contributed by atoms with Crippen LogP contribution in [-0.2, 0) is 6.54 Å². The molecule has 0 radical (unpaired) electrons. The van der Waals surface area contributed by atoms with Crippen LogP contribution >= 0.6 is 24.0 Å². The van der Waals surface area contributed by atoms with E-state index in [4.69, 9.17) is 0 Å². The molecule has 1 aliphatic rings. The molecule has 2 N–H and O–H groups in total. The molecule has 0 aliphatic carbocycles. The average Bonchev–Trinajstić information content (AvgIpc) is 2.54. The summed E-state index contributed by atoms with van der Waals surface area (Å²) in [4.78, 5) is 6.73. The molecule has 0 saturated carbocycles. The largest absolute Gasteiger partial charge is 0.355 e. The molecule has 4 nitrogen and oxygen atoms in total. The Morgan fingerprint density at radius 3 is 2.83 bits per heavy atom. The summed E-state index contributed by atoms with van der Waals surface area (Å²) in [5.41, 5.74) is 1.59. The van der Waals surface area contributed by atoms with E-state index < -0.39 is 0 Å². The van der Waals surface area contributed by atoms with Crippen molar-refractivity contribution >= 4 is 29.9 Å². The molecule has 0 aromatic heterocycles. The van der Waals surface area contributed by atoms with Gasteiger partial charge in [-0.25, -0.2) is 4.39 Å². The molecular weight excluding hydrogens is 418 g/mol. The maximum atomic E-state index is 13.5. The Hall–Kier alpha value is -0.890. The van der Waals surface area contributed by atoms with Crippen LogP contribution in [0.25, 0.3) is 0 Å². The Balaban J connectivity index is 0.00000288. The first kappa shape index (κ1) is 21.2. The van der Waals surface area contributed by atoms with Crippen LogP contribution in [-0.4, -0.2) is 44.1 Å². The first-order valence-electron chi connectivity index (χ1n) is 8.50. The Morgan fingerprint density at radius 1 is 1.38 bits per heavy atom. The van der Waals surface area contributed by atoms with Gasteiger partial charge in [-0.15, -0.1) is 24.0 Å². The first-order valence-corrected chi connectivity index (χ1v) is 8.50. The molecule has 1 aromatic carbocycles. The van der Waals surface area contributed by atoms with E-state index in [9.17, 15) is 4.39 Å². The fourth-order valence-corrected chi connectivity index (χ4v) is 2.97. The SMILES string of the molecule is CN=C(NCCN1CCCC(C)C1)NCc1ccc(C)c(F)c1.I. The summed E-state index contributed by atoms with van der Waals surface area (Å²) in [5, 5.41) is 6.56. The Labute approximate surface area is 162 Å². The minimum absolute atomic E-state index is 0.